The highest BCUT2D eigenvalue weighted by atomic mass is 16.2. The number of guanidine groups is 1. The van der Waals surface area contributed by atoms with Gasteiger partial charge in [0, 0.05) is 32.2 Å². The molecule has 136 valence electrons. The molecule has 0 radical (unpaired) electrons. The van der Waals surface area contributed by atoms with Crippen molar-refractivity contribution in [3.63, 3.8) is 0 Å². The van der Waals surface area contributed by atoms with E-state index in [1.807, 2.05) is 42.2 Å². The molecule has 1 aromatic carbocycles. The molecule has 0 bridgehead atoms. The van der Waals surface area contributed by atoms with Crippen LogP contribution in [0.1, 0.15) is 26.2 Å². The molecule has 1 aliphatic rings. The van der Waals surface area contributed by atoms with Crippen molar-refractivity contribution in [3.8, 4) is 0 Å². The Morgan fingerprint density at radius 2 is 2.08 bits per heavy atom. The lowest BCUT2D eigenvalue weighted by molar-refractivity contribution is -0.127. The summed E-state index contributed by atoms with van der Waals surface area (Å²) in [5, 5.41) is 10.2. The Morgan fingerprint density at radius 1 is 1.40 bits per heavy atom. The molecule has 0 aliphatic carbocycles. The van der Waals surface area contributed by atoms with Crippen LogP contribution in [0, 0.1) is 17.2 Å². The average molecular weight is 345 g/mol. The number of para-hydroxylation sites is 1. The number of benzene rings is 1. The van der Waals surface area contributed by atoms with E-state index >= 15 is 0 Å². The van der Waals surface area contributed by atoms with Crippen molar-refractivity contribution >= 4 is 23.6 Å². The number of amides is 3. The standard InChI is InChI=1S/C18H27N5O2/c1-13(11-16(24)22(2)17(19)20)14-7-6-10-23(12-14)18(25)21-15-8-4-3-5-9-15/h3-5,8-9,13-14H,6-7,10-12H2,1-2H3,(H3,19,20)(H,21,25)/t13-,14?/m1/s1. The van der Waals surface area contributed by atoms with Crippen LogP contribution in [-0.2, 0) is 4.79 Å². The predicted molar refractivity (Wildman–Crippen MR) is 98.2 cm³/mol. The van der Waals surface area contributed by atoms with E-state index in [9.17, 15) is 9.59 Å². The molecule has 1 aromatic rings. The average Bonchev–Trinajstić information content (AvgIpc) is 2.61. The maximum atomic E-state index is 12.5. The maximum absolute atomic E-state index is 12.5. The van der Waals surface area contributed by atoms with E-state index in [0.717, 1.165) is 25.1 Å². The monoisotopic (exact) mass is 345 g/mol. The number of likely N-dealkylation sites (tertiary alicyclic amines) is 1. The van der Waals surface area contributed by atoms with Gasteiger partial charge in [-0.25, -0.2) is 4.79 Å². The molecule has 7 nitrogen and oxygen atoms in total. The first-order chi connectivity index (χ1) is 11.9. The van der Waals surface area contributed by atoms with Gasteiger partial charge in [-0.2, -0.15) is 0 Å². The van der Waals surface area contributed by atoms with Crippen molar-refractivity contribution < 1.29 is 9.59 Å². The molecular formula is C18H27N5O2. The quantitative estimate of drug-likeness (QED) is 0.576. The van der Waals surface area contributed by atoms with Crippen molar-refractivity contribution in [3.05, 3.63) is 30.3 Å². The molecule has 0 saturated carbocycles. The molecule has 7 heteroatoms. The first-order valence-electron chi connectivity index (χ1n) is 8.60. The van der Waals surface area contributed by atoms with Crippen molar-refractivity contribution in [2.75, 3.05) is 25.5 Å². The third kappa shape index (κ3) is 5.20. The normalized spacial score (nSPS) is 18.3. The zero-order chi connectivity index (χ0) is 18.4. The topological polar surface area (TPSA) is 103 Å². The van der Waals surface area contributed by atoms with E-state index in [1.54, 1.807) is 0 Å². The van der Waals surface area contributed by atoms with Crippen LogP contribution in [0.2, 0.25) is 0 Å². The van der Waals surface area contributed by atoms with Gasteiger partial charge in [-0.1, -0.05) is 25.1 Å². The van der Waals surface area contributed by atoms with Gasteiger partial charge < -0.3 is 16.0 Å². The number of nitrogens with one attached hydrogen (secondary N) is 2. The number of urea groups is 1. The Balaban J connectivity index is 1.90. The van der Waals surface area contributed by atoms with E-state index in [1.165, 1.54) is 11.9 Å². The van der Waals surface area contributed by atoms with Crippen LogP contribution < -0.4 is 11.1 Å². The van der Waals surface area contributed by atoms with Crippen LogP contribution in [0.3, 0.4) is 0 Å². The van der Waals surface area contributed by atoms with Crippen LogP contribution in [0.25, 0.3) is 0 Å². The largest absolute Gasteiger partial charge is 0.370 e. The van der Waals surface area contributed by atoms with Gasteiger partial charge in [0.15, 0.2) is 5.96 Å². The van der Waals surface area contributed by atoms with Gasteiger partial charge in [0.2, 0.25) is 5.91 Å². The summed E-state index contributed by atoms with van der Waals surface area (Å²) in [7, 11) is 1.51. The van der Waals surface area contributed by atoms with Gasteiger partial charge in [-0.15, -0.1) is 0 Å². The zero-order valence-corrected chi connectivity index (χ0v) is 14.9. The van der Waals surface area contributed by atoms with Crippen LogP contribution in [0.4, 0.5) is 10.5 Å². The van der Waals surface area contributed by atoms with Crippen LogP contribution in [0.5, 0.6) is 0 Å². The molecular weight excluding hydrogens is 318 g/mol. The molecule has 25 heavy (non-hydrogen) atoms. The molecule has 2 rings (SSSR count). The van der Waals surface area contributed by atoms with E-state index in [0.29, 0.717) is 13.0 Å². The number of carbonyl (C=O) groups excluding carboxylic acids is 2. The molecule has 1 fully saturated rings. The van der Waals surface area contributed by atoms with Gasteiger partial charge in [0.1, 0.15) is 0 Å². The minimum Gasteiger partial charge on any atom is -0.370 e. The summed E-state index contributed by atoms with van der Waals surface area (Å²) in [6.07, 6.45) is 2.25. The zero-order valence-electron chi connectivity index (χ0n) is 14.9. The van der Waals surface area contributed by atoms with Gasteiger partial charge in [0.25, 0.3) is 0 Å². The number of hydrogen-bond donors (Lipinski definition) is 3. The molecule has 1 saturated heterocycles. The SMILES string of the molecule is C[C@H](CC(=O)N(C)C(=N)N)C1CCCN(C(=O)Nc2ccccc2)C1. The molecule has 4 N–H and O–H groups in total. The van der Waals surface area contributed by atoms with Crippen LogP contribution in [0.15, 0.2) is 30.3 Å². The van der Waals surface area contributed by atoms with Gasteiger partial charge in [-0.05, 0) is 36.8 Å². The molecule has 0 spiro atoms. The van der Waals surface area contributed by atoms with E-state index in [2.05, 4.69) is 5.32 Å². The first kappa shape index (κ1) is 18.8. The van der Waals surface area contributed by atoms with Crippen molar-refractivity contribution in [2.45, 2.75) is 26.2 Å². The van der Waals surface area contributed by atoms with Crippen LogP contribution in [-0.4, -0.2) is 47.8 Å². The Kier molecular flexibility index (Phi) is 6.38. The van der Waals surface area contributed by atoms with Crippen molar-refractivity contribution in [2.24, 2.45) is 17.6 Å². The molecule has 1 aliphatic heterocycles. The Morgan fingerprint density at radius 3 is 2.72 bits per heavy atom. The first-order valence-corrected chi connectivity index (χ1v) is 8.60. The summed E-state index contributed by atoms with van der Waals surface area (Å²) < 4.78 is 0. The molecule has 2 atom stereocenters. The number of hydrogen-bond acceptors (Lipinski definition) is 3. The second-order valence-corrected chi connectivity index (χ2v) is 6.66. The van der Waals surface area contributed by atoms with Crippen molar-refractivity contribution in [1.82, 2.24) is 9.80 Å². The van der Waals surface area contributed by atoms with Crippen molar-refractivity contribution in [1.29, 1.82) is 5.41 Å². The Bertz CT molecular complexity index is 619. The summed E-state index contributed by atoms with van der Waals surface area (Å²) in [6, 6.07) is 9.29. The summed E-state index contributed by atoms with van der Waals surface area (Å²) in [5.41, 5.74) is 6.13. The summed E-state index contributed by atoms with van der Waals surface area (Å²) in [5.74, 6) is -0.0169. The fourth-order valence-corrected chi connectivity index (χ4v) is 3.10. The highest BCUT2D eigenvalue weighted by molar-refractivity contribution is 5.94. The Labute approximate surface area is 148 Å². The molecule has 1 heterocycles. The fourth-order valence-electron chi connectivity index (χ4n) is 3.10. The predicted octanol–water partition coefficient (Wildman–Crippen LogP) is 2.31. The smallest absolute Gasteiger partial charge is 0.321 e. The highest BCUT2D eigenvalue weighted by Crippen LogP contribution is 2.27. The number of nitrogens with two attached hydrogens (primary N) is 1. The number of nitrogens with zero attached hydrogens (tertiary/aromatic N) is 2. The molecule has 1 unspecified atom stereocenters. The lowest BCUT2D eigenvalue weighted by Crippen LogP contribution is -2.45. The van der Waals surface area contributed by atoms with E-state index < -0.39 is 0 Å². The van der Waals surface area contributed by atoms with E-state index in [4.69, 9.17) is 11.1 Å². The second-order valence-electron chi connectivity index (χ2n) is 6.66. The number of carbonyl (C=O) groups is 2. The van der Waals surface area contributed by atoms with Gasteiger partial charge in [-0.3, -0.25) is 15.1 Å². The second kappa shape index (κ2) is 8.50. The molecule has 0 aromatic heterocycles. The van der Waals surface area contributed by atoms with Gasteiger partial charge in [0.05, 0.1) is 0 Å². The van der Waals surface area contributed by atoms with Gasteiger partial charge >= 0.3 is 6.03 Å². The fraction of sp³-hybridized carbons (Fsp3) is 0.500. The maximum Gasteiger partial charge on any atom is 0.321 e. The number of anilines is 1. The van der Waals surface area contributed by atoms with E-state index in [-0.39, 0.29) is 29.7 Å². The lowest BCUT2D eigenvalue weighted by Gasteiger charge is -2.36. The number of rotatable bonds is 4. The lowest BCUT2D eigenvalue weighted by atomic mass is 9.84. The summed E-state index contributed by atoms with van der Waals surface area (Å²) >= 11 is 0. The summed E-state index contributed by atoms with van der Waals surface area (Å²) in [4.78, 5) is 27.5. The highest BCUT2D eigenvalue weighted by Gasteiger charge is 2.29. The third-order valence-corrected chi connectivity index (χ3v) is 4.81. The Hall–Kier alpha value is -2.57. The number of piperidine rings is 1. The van der Waals surface area contributed by atoms with Crippen LogP contribution >= 0.6 is 0 Å². The third-order valence-electron chi connectivity index (χ3n) is 4.81. The minimum absolute atomic E-state index is 0.102. The molecule has 3 amide bonds. The minimum atomic E-state index is -0.246. The summed E-state index contributed by atoms with van der Waals surface area (Å²) in [6.45, 7) is 3.38.